The average molecular weight is 390 g/mol. The van der Waals surface area contributed by atoms with Gasteiger partial charge in [0.2, 0.25) is 9.84 Å². The fourth-order valence-electron chi connectivity index (χ4n) is 3.55. The zero-order valence-corrected chi connectivity index (χ0v) is 16.0. The van der Waals surface area contributed by atoms with Crippen LogP contribution < -0.4 is 10.2 Å². The first kappa shape index (κ1) is 17.4. The molecule has 0 atom stereocenters. The van der Waals surface area contributed by atoms with Gasteiger partial charge >= 0.3 is 0 Å². The summed E-state index contributed by atoms with van der Waals surface area (Å²) in [5.74, 6) is 0. The smallest absolute Gasteiger partial charge is 0.208 e. The highest BCUT2D eigenvalue weighted by Crippen LogP contribution is 2.36. The predicted molar refractivity (Wildman–Crippen MR) is 105 cm³/mol. The maximum Gasteiger partial charge on any atom is 0.208 e. The number of aromatic nitrogens is 1. The van der Waals surface area contributed by atoms with E-state index in [1.54, 1.807) is 24.3 Å². The number of H-pyrrole nitrogens is 1. The van der Waals surface area contributed by atoms with E-state index in [1.807, 2.05) is 25.1 Å². The third-order valence-corrected chi connectivity index (χ3v) is 7.00. The summed E-state index contributed by atoms with van der Waals surface area (Å²) < 4.78 is 26.5. The summed E-state index contributed by atoms with van der Waals surface area (Å²) in [4.78, 5) is 6.19. The lowest BCUT2D eigenvalue weighted by atomic mass is 10.2. The molecular weight excluding hydrogens is 370 g/mol. The van der Waals surface area contributed by atoms with E-state index in [2.05, 4.69) is 15.2 Å². The molecule has 1 aliphatic heterocycles. The molecule has 2 heterocycles. The van der Waals surface area contributed by atoms with Gasteiger partial charge in [0.25, 0.3) is 0 Å². The van der Waals surface area contributed by atoms with Crippen molar-refractivity contribution in [2.45, 2.75) is 16.7 Å². The Morgan fingerprint density at radius 2 is 1.73 bits per heavy atom. The van der Waals surface area contributed by atoms with Crippen LogP contribution >= 0.6 is 11.6 Å². The molecule has 1 saturated heterocycles. The first-order valence-electron chi connectivity index (χ1n) is 8.56. The van der Waals surface area contributed by atoms with Crippen molar-refractivity contribution in [2.75, 3.05) is 31.1 Å². The minimum atomic E-state index is -3.64. The van der Waals surface area contributed by atoms with E-state index < -0.39 is 9.84 Å². The Bertz CT molecular complexity index is 1050. The molecule has 0 spiro atoms. The Hall–Kier alpha value is -2.02. The summed E-state index contributed by atoms with van der Waals surface area (Å²) in [6.45, 7) is 5.45. The van der Waals surface area contributed by atoms with E-state index in [0.717, 1.165) is 42.8 Å². The van der Waals surface area contributed by atoms with Crippen molar-refractivity contribution in [3.8, 4) is 0 Å². The second-order valence-electron chi connectivity index (χ2n) is 6.47. The van der Waals surface area contributed by atoms with Gasteiger partial charge in [-0.15, -0.1) is 0 Å². The number of anilines is 1. The monoisotopic (exact) mass is 389 g/mol. The number of rotatable bonds is 3. The van der Waals surface area contributed by atoms with Crippen LogP contribution in [-0.2, 0) is 9.84 Å². The minimum absolute atomic E-state index is 0.249. The number of para-hydroxylation sites is 1. The van der Waals surface area contributed by atoms with Gasteiger partial charge in [-0.3, -0.25) is 0 Å². The Morgan fingerprint density at radius 1 is 1.04 bits per heavy atom. The zero-order valence-electron chi connectivity index (χ0n) is 14.4. The summed E-state index contributed by atoms with van der Waals surface area (Å²) in [5.41, 5.74) is 2.57. The first-order chi connectivity index (χ1) is 12.5. The zero-order chi connectivity index (χ0) is 18.3. The number of nitrogens with zero attached hydrogens (tertiary/aromatic N) is 1. The van der Waals surface area contributed by atoms with Crippen molar-refractivity contribution < 1.29 is 8.42 Å². The van der Waals surface area contributed by atoms with Crippen molar-refractivity contribution in [2.24, 2.45) is 0 Å². The lowest BCUT2D eigenvalue weighted by molar-refractivity contribution is 0.590. The van der Waals surface area contributed by atoms with Crippen molar-refractivity contribution in [1.82, 2.24) is 10.3 Å². The Balaban J connectivity index is 1.88. The highest BCUT2D eigenvalue weighted by atomic mass is 35.5. The topological polar surface area (TPSA) is 65.2 Å². The second-order valence-corrected chi connectivity index (χ2v) is 8.80. The number of aryl methyl sites for hydroxylation is 1. The molecule has 0 bridgehead atoms. The summed E-state index contributed by atoms with van der Waals surface area (Å²) in [5, 5.41) is 4.59. The lowest BCUT2D eigenvalue weighted by Crippen LogP contribution is -2.43. The number of halogens is 1. The summed E-state index contributed by atoms with van der Waals surface area (Å²) in [6.07, 6.45) is 0. The summed E-state index contributed by atoms with van der Waals surface area (Å²) in [6, 6.07) is 12.1. The van der Waals surface area contributed by atoms with Crippen LogP contribution in [0.2, 0.25) is 5.02 Å². The maximum atomic E-state index is 13.2. The standard InChI is InChI=1S/C19H20ClN3O2S/c1-13-19(26(24,25)15-7-5-14(20)6-8-15)16-3-2-4-17(18(16)22-13)23-11-9-21-10-12-23/h2-8,21-22H,9-12H2,1H3. The van der Waals surface area contributed by atoms with E-state index in [9.17, 15) is 8.42 Å². The molecule has 1 aromatic heterocycles. The molecule has 136 valence electrons. The SMILES string of the molecule is Cc1[nH]c2c(N3CCNCC3)cccc2c1S(=O)(=O)c1ccc(Cl)cc1. The first-order valence-corrected chi connectivity index (χ1v) is 10.4. The molecule has 2 aromatic carbocycles. The number of aromatic amines is 1. The summed E-state index contributed by atoms with van der Waals surface area (Å²) >= 11 is 5.91. The van der Waals surface area contributed by atoms with E-state index in [1.165, 1.54) is 0 Å². The average Bonchev–Trinajstić information content (AvgIpc) is 2.99. The van der Waals surface area contributed by atoms with Crippen LogP contribution in [0, 0.1) is 6.92 Å². The lowest BCUT2D eigenvalue weighted by Gasteiger charge is -2.29. The highest BCUT2D eigenvalue weighted by Gasteiger charge is 2.26. The van der Waals surface area contributed by atoms with Crippen molar-refractivity contribution >= 4 is 38.0 Å². The largest absolute Gasteiger partial charge is 0.367 e. The molecule has 0 radical (unpaired) electrons. The molecule has 7 heteroatoms. The van der Waals surface area contributed by atoms with Crippen LogP contribution in [-0.4, -0.2) is 39.6 Å². The predicted octanol–water partition coefficient (Wildman–Crippen LogP) is 3.37. The molecule has 3 aromatic rings. The van der Waals surface area contributed by atoms with Gasteiger partial charge in [-0.05, 0) is 37.3 Å². The number of piperazine rings is 1. The number of benzene rings is 2. The van der Waals surface area contributed by atoms with Gasteiger partial charge in [0, 0.05) is 42.3 Å². The number of nitrogens with one attached hydrogen (secondary N) is 2. The van der Waals surface area contributed by atoms with Crippen LogP contribution in [0.5, 0.6) is 0 Å². The van der Waals surface area contributed by atoms with Crippen LogP contribution in [0.1, 0.15) is 5.69 Å². The molecule has 5 nitrogen and oxygen atoms in total. The molecule has 0 amide bonds. The highest BCUT2D eigenvalue weighted by molar-refractivity contribution is 7.91. The number of fused-ring (bicyclic) bond motifs is 1. The molecule has 4 rings (SSSR count). The fraction of sp³-hybridized carbons (Fsp3) is 0.263. The second kappa shape index (κ2) is 6.61. The van der Waals surface area contributed by atoms with Crippen LogP contribution in [0.15, 0.2) is 52.3 Å². The molecule has 0 aliphatic carbocycles. The van der Waals surface area contributed by atoms with Gasteiger partial charge < -0.3 is 15.2 Å². The molecular formula is C19H20ClN3O2S. The third-order valence-electron chi connectivity index (χ3n) is 4.79. The molecule has 26 heavy (non-hydrogen) atoms. The number of hydrogen-bond donors (Lipinski definition) is 2. The van der Waals surface area contributed by atoms with Gasteiger partial charge in [0.05, 0.1) is 21.0 Å². The van der Waals surface area contributed by atoms with Gasteiger partial charge in [-0.2, -0.15) is 0 Å². The van der Waals surface area contributed by atoms with E-state index >= 15 is 0 Å². The van der Waals surface area contributed by atoms with Crippen molar-refractivity contribution in [3.63, 3.8) is 0 Å². The van der Waals surface area contributed by atoms with E-state index in [-0.39, 0.29) is 4.90 Å². The molecule has 0 unspecified atom stereocenters. The van der Waals surface area contributed by atoms with Crippen LogP contribution in [0.4, 0.5) is 5.69 Å². The van der Waals surface area contributed by atoms with Gasteiger partial charge in [-0.25, -0.2) is 8.42 Å². The van der Waals surface area contributed by atoms with E-state index in [4.69, 9.17) is 11.6 Å². The maximum absolute atomic E-state index is 13.2. The quantitative estimate of drug-likeness (QED) is 0.720. The molecule has 1 fully saturated rings. The van der Waals surface area contributed by atoms with Gasteiger partial charge in [0.15, 0.2) is 0 Å². The fourth-order valence-corrected chi connectivity index (χ4v) is 5.32. The molecule has 0 saturated carbocycles. The van der Waals surface area contributed by atoms with Crippen LogP contribution in [0.25, 0.3) is 10.9 Å². The Labute approximate surface area is 157 Å². The van der Waals surface area contributed by atoms with Crippen molar-refractivity contribution in [1.29, 1.82) is 0 Å². The number of hydrogen-bond acceptors (Lipinski definition) is 4. The Morgan fingerprint density at radius 3 is 2.42 bits per heavy atom. The van der Waals surface area contributed by atoms with E-state index in [0.29, 0.717) is 15.6 Å². The Kier molecular flexibility index (Phi) is 4.42. The molecule has 1 aliphatic rings. The number of sulfone groups is 1. The normalized spacial score (nSPS) is 15.5. The summed E-state index contributed by atoms with van der Waals surface area (Å²) in [7, 11) is -3.64. The minimum Gasteiger partial charge on any atom is -0.367 e. The van der Waals surface area contributed by atoms with Gasteiger partial charge in [0.1, 0.15) is 0 Å². The van der Waals surface area contributed by atoms with Crippen LogP contribution in [0.3, 0.4) is 0 Å². The van der Waals surface area contributed by atoms with Crippen molar-refractivity contribution in [3.05, 3.63) is 53.2 Å². The van der Waals surface area contributed by atoms with Gasteiger partial charge in [-0.1, -0.05) is 23.7 Å². The molecule has 2 N–H and O–H groups in total. The third kappa shape index (κ3) is 2.88.